The van der Waals surface area contributed by atoms with Gasteiger partial charge in [0.05, 0.1) is 6.61 Å². The lowest BCUT2D eigenvalue weighted by atomic mass is 10.0. The number of piperidine rings is 1. The van der Waals surface area contributed by atoms with E-state index in [0.717, 1.165) is 38.8 Å². The molecule has 0 aliphatic carbocycles. The summed E-state index contributed by atoms with van der Waals surface area (Å²) in [7, 11) is 3.54. The zero-order valence-corrected chi connectivity index (χ0v) is 12.1. The largest absolute Gasteiger partial charge is 0.385 e. The molecule has 1 rings (SSSR count). The predicted octanol–water partition coefficient (Wildman–Crippen LogP) is 1.50. The Morgan fingerprint density at radius 3 is 2.56 bits per heavy atom. The molecule has 1 atom stereocenters. The van der Waals surface area contributed by atoms with Crippen LogP contribution in [0.3, 0.4) is 0 Å². The van der Waals surface area contributed by atoms with Crippen LogP contribution in [-0.4, -0.2) is 64.6 Å². The summed E-state index contributed by atoms with van der Waals surface area (Å²) in [6.07, 6.45) is 6.45. The average Bonchev–Trinajstić information content (AvgIpc) is 2.42. The number of nitrogens with one attached hydrogen (secondary N) is 1. The van der Waals surface area contributed by atoms with Crippen molar-refractivity contribution in [1.82, 2.24) is 10.2 Å². The van der Waals surface area contributed by atoms with Gasteiger partial charge in [0.2, 0.25) is 0 Å². The predicted molar refractivity (Wildman–Crippen MR) is 75.1 cm³/mol. The summed E-state index contributed by atoms with van der Waals surface area (Å²) < 4.78 is 10.3. The van der Waals surface area contributed by atoms with Crippen LogP contribution >= 0.6 is 0 Å². The molecule has 0 aromatic heterocycles. The number of hydrogen-bond acceptors (Lipinski definition) is 4. The fourth-order valence-electron chi connectivity index (χ4n) is 2.50. The van der Waals surface area contributed by atoms with Crippen LogP contribution in [0.1, 0.15) is 32.1 Å². The first-order chi connectivity index (χ1) is 8.86. The van der Waals surface area contributed by atoms with Crippen LogP contribution in [0.4, 0.5) is 0 Å². The van der Waals surface area contributed by atoms with Gasteiger partial charge >= 0.3 is 0 Å². The van der Waals surface area contributed by atoms with Crippen LogP contribution in [0, 0.1) is 0 Å². The fraction of sp³-hybridized carbons (Fsp3) is 1.00. The van der Waals surface area contributed by atoms with Gasteiger partial charge < -0.3 is 19.7 Å². The van der Waals surface area contributed by atoms with Crippen molar-refractivity contribution in [3.63, 3.8) is 0 Å². The van der Waals surface area contributed by atoms with Gasteiger partial charge in [0.25, 0.3) is 0 Å². The fourth-order valence-corrected chi connectivity index (χ4v) is 2.50. The molecule has 0 aromatic carbocycles. The maximum absolute atomic E-state index is 5.18. The van der Waals surface area contributed by atoms with Gasteiger partial charge in [-0.15, -0.1) is 0 Å². The molecule has 0 bridgehead atoms. The molecule has 4 nitrogen and oxygen atoms in total. The standard InChI is InChI=1S/C14H30N2O2/c1-17-12-5-9-16(11-13-18-2)10-7-14-6-3-4-8-15-14/h14-15H,3-13H2,1-2H3. The van der Waals surface area contributed by atoms with Crippen LogP contribution in [0.5, 0.6) is 0 Å². The zero-order chi connectivity index (χ0) is 13.1. The summed E-state index contributed by atoms with van der Waals surface area (Å²) in [5.74, 6) is 0. The van der Waals surface area contributed by atoms with Crippen molar-refractivity contribution in [2.24, 2.45) is 0 Å². The van der Waals surface area contributed by atoms with Gasteiger partial charge in [-0.3, -0.25) is 0 Å². The highest BCUT2D eigenvalue weighted by Crippen LogP contribution is 2.10. The van der Waals surface area contributed by atoms with Crippen LogP contribution in [0.2, 0.25) is 0 Å². The average molecular weight is 258 g/mol. The molecule has 0 aromatic rings. The van der Waals surface area contributed by atoms with Gasteiger partial charge in [0, 0.05) is 40.0 Å². The third-order valence-corrected chi connectivity index (χ3v) is 3.64. The third-order valence-electron chi connectivity index (χ3n) is 3.64. The van der Waals surface area contributed by atoms with E-state index in [1.807, 2.05) is 0 Å². The van der Waals surface area contributed by atoms with Crippen molar-refractivity contribution in [1.29, 1.82) is 0 Å². The van der Waals surface area contributed by atoms with E-state index in [9.17, 15) is 0 Å². The normalized spacial score (nSPS) is 20.5. The van der Waals surface area contributed by atoms with Gasteiger partial charge in [0.15, 0.2) is 0 Å². The quantitative estimate of drug-likeness (QED) is 0.602. The van der Waals surface area contributed by atoms with Gasteiger partial charge in [-0.1, -0.05) is 6.42 Å². The Balaban J connectivity index is 2.16. The number of rotatable bonds is 10. The summed E-state index contributed by atoms with van der Waals surface area (Å²) >= 11 is 0. The van der Waals surface area contributed by atoms with Gasteiger partial charge in [-0.25, -0.2) is 0 Å². The molecule has 1 fully saturated rings. The van der Waals surface area contributed by atoms with E-state index in [4.69, 9.17) is 9.47 Å². The molecule has 108 valence electrons. The topological polar surface area (TPSA) is 33.7 Å². The van der Waals surface area contributed by atoms with Crippen LogP contribution < -0.4 is 5.32 Å². The van der Waals surface area contributed by atoms with E-state index in [-0.39, 0.29) is 0 Å². The molecular formula is C14H30N2O2. The van der Waals surface area contributed by atoms with E-state index in [0.29, 0.717) is 0 Å². The first-order valence-electron chi connectivity index (χ1n) is 7.30. The molecular weight excluding hydrogens is 228 g/mol. The minimum Gasteiger partial charge on any atom is -0.385 e. The summed E-state index contributed by atoms with van der Waals surface area (Å²) in [5, 5.41) is 3.62. The van der Waals surface area contributed by atoms with E-state index in [1.54, 1.807) is 14.2 Å². The Morgan fingerprint density at radius 2 is 1.89 bits per heavy atom. The van der Waals surface area contributed by atoms with Gasteiger partial charge in [-0.2, -0.15) is 0 Å². The molecule has 1 saturated heterocycles. The Hall–Kier alpha value is -0.160. The number of ether oxygens (including phenoxy) is 2. The monoisotopic (exact) mass is 258 g/mol. The van der Waals surface area contributed by atoms with Crippen molar-refractivity contribution in [3.05, 3.63) is 0 Å². The highest BCUT2D eigenvalue weighted by atomic mass is 16.5. The van der Waals surface area contributed by atoms with Gasteiger partial charge in [0.1, 0.15) is 0 Å². The number of hydrogen-bond donors (Lipinski definition) is 1. The van der Waals surface area contributed by atoms with E-state index in [1.165, 1.54) is 38.8 Å². The third kappa shape index (κ3) is 7.31. The SMILES string of the molecule is COCCCN(CCOC)CCC1CCCCN1. The van der Waals surface area contributed by atoms with Gasteiger partial charge in [-0.05, 0) is 38.8 Å². The summed E-state index contributed by atoms with van der Waals surface area (Å²) in [4.78, 5) is 2.50. The summed E-state index contributed by atoms with van der Waals surface area (Å²) in [6, 6.07) is 0.728. The maximum Gasteiger partial charge on any atom is 0.0589 e. The molecule has 1 aliphatic heterocycles. The molecule has 0 amide bonds. The second-order valence-electron chi connectivity index (χ2n) is 5.12. The second kappa shape index (κ2) is 10.7. The summed E-state index contributed by atoms with van der Waals surface area (Å²) in [5.41, 5.74) is 0. The molecule has 0 saturated carbocycles. The Bertz CT molecular complexity index is 185. The lowest BCUT2D eigenvalue weighted by Gasteiger charge is -2.27. The molecule has 18 heavy (non-hydrogen) atoms. The van der Waals surface area contributed by atoms with Crippen molar-refractivity contribution >= 4 is 0 Å². The highest BCUT2D eigenvalue weighted by Gasteiger charge is 2.14. The lowest BCUT2D eigenvalue weighted by molar-refractivity contribution is 0.129. The summed E-state index contributed by atoms with van der Waals surface area (Å²) in [6.45, 7) is 6.20. The lowest BCUT2D eigenvalue weighted by Crippen LogP contribution is -2.38. The Morgan fingerprint density at radius 1 is 1.06 bits per heavy atom. The Labute approximate surface area is 112 Å². The molecule has 1 N–H and O–H groups in total. The number of methoxy groups -OCH3 is 2. The van der Waals surface area contributed by atoms with Crippen molar-refractivity contribution in [2.75, 3.05) is 53.6 Å². The van der Waals surface area contributed by atoms with Crippen LogP contribution in [-0.2, 0) is 9.47 Å². The second-order valence-corrected chi connectivity index (χ2v) is 5.12. The first-order valence-corrected chi connectivity index (χ1v) is 7.30. The Kier molecular flexibility index (Phi) is 9.48. The van der Waals surface area contributed by atoms with E-state index < -0.39 is 0 Å². The zero-order valence-electron chi connectivity index (χ0n) is 12.1. The van der Waals surface area contributed by atoms with Crippen LogP contribution in [0.15, 0.2) is 0 Å². The first kappa shape index (κ1) is 15.9. The smallest absolute Gasteiger partial charge is 0.0589 e. The molecule has 0 spiro atoms. The van der Waals surface area contributed by atoms with Crippen molar-refractivity contribution < 1.29 is 9.47 Å². The maximum atomic E-state index is 5.18. The minimum atomic E-state index is 0.728. The van der Waals surface area contributed by atoms with E-state index >= 15 is 0 Å². The minimum absolute atomic E-state index is 0.728. The molecule has 1 aliphatic rings. The molecule has 1 unspecified atom stereocenters. The molecule has 0 radical (unpaired) electrons. The van der Waals surface area contributed by atoms with Crippen LogP contribution in [0.25, 0.3) is 0 Å². The van der Waals surface area contributed by atoms with E-state index in [2.05, 4.69) is 10.2 Å². The highest BCUT2D eigenvalue weighted by molar-refractivity contribution is 4.73. The van der Waals surface area contributed by atoms with Crippen molar-refractivity contribution in [3.8, 4) is 0 Å². The molecule has 1 heterocycles. The van der Waals surface area contributed by atoms with Crippen molar-refractivity contribution in [2.45, 2.75) is 38.1 Å². The number of nitrogens with zero attached hydrogens (tertiary/aromatic N) is 1. The molecule has 4 heteroatoms.